The van der Waals surface area contributed by atoms with E-state index >= 15 is 0 Å². The first-order valence-electron chi connectivity index (χ1n) is 5.11. The molecule has 0 aromatic heterocycles. The number of fused-ring (bicyclic) bond motifs is 1. The molecule has 1 aliphatic rings. The highest BCUT2D eigenvalue weighted by Gasteiger charge is 2.23. The first-order chi connectivity index (χ1) is 7.66. The number of ether oxygens (including phenoxy) is 1. The molecule has 1 aromatic carbocycles. The Morgan fingerprint density at radius 2 is 2.44 bits per heavy atom. The van der Waals surface area contributed by atoms with Gasteiger partial charge in [-0.2, -0.15) is 0 Å². The molecule has 5 heteroatoms. The average Bonchev–Trinajstić information content (AvgIpc) is 2.60. The van der Waals surface area contributed by atoms with Gasteiger partial charge in [-0.25, -0.2) is 0 Å². The van der Waals surface area contributed by atoms with Crippen LogP contribution in [-0.2, 0) is 4.79 Å². The Morgan fingerprint density at radius 3 is 3.19 bits per heavy atom. The number of halogens is 1. The van der Waals surface area contributed by atoms with E-state index in [0.717, 1.165) is 15.8 Å². The van der Waals surface area contributed by atoms with Gasteiger partial charge in [0.05, 0.1) is 6.04 Å². The Morgan fingerprint density at radius 1 is 1.62 bits per heavy atom. The third kappa shape index (κ3) is 2.54. The summed E-state index contributed by atoms with van der Waals surface area (Å²) in [5, 5.41) is 3.25. The molecular weight excluding hydrogens is 272 g/mol. The topological polar surface area (TPSA) is 64.4 Å². The molecule has 0 bridgehead atoms. The van der Waals surface area contributed by atoms with E-state index in [-0.39, 0.29) is 11.9 Å². The highest BCUT2D eigenvalue weighted by atomic mass is 79.9. The highest BCUT2D eigenvalue weighted by Crippen LogP contribution is 2.34. The highest BCUT2D eigenvalue weighted by molar-refractivity contribution is 9.10. The van der Waals surface area contributed by atoms with Crippen LogP contribution in [-0.4, -0.2) is 19.1 Å². The van der Waals surface area contributed by atoms with Crippen molar-refractivity contribution in [1.82, 2.24) is 5.32 Å². The van der Waals surface area contributed by atoms with Crippen molar-refractivity contribution >= 4 is 21.8 Å². The lowest BCUT2D eigenvalue weighted by Crippen LogP contribution is -2.27. The molecule has 0 spiro atoms. The molecule has 0 radical (unpaired) electrons. The van der Waals surface area contributed by atoms with Gasteiger partial charge in [0, 0.05) is 23.0 Å². The van der Waals surface area contributed by atoms with E-state index in [1.165, 1.54) is 0 Å². The maximum atomic E-state index is 10.6. The smallest absolute Gasteiger partial charge is 0.218 e. The molecule has 1 amide bonds. The van der Waals surface area contributed by atoms with E-state index in [1.807, 2.05) is 18.2 Å². The minimum atomic E-state index is -0.291. The second-order valence-corrected chi connectivity index (χ2v) is 4.63. The Labute approximate surface area is 102 Å². The summed E-state index contributed by atoms with van der Waals surface area (Å²) in [6, 6.07) is 6.07. The number of hydrogen-bond acceptors (Lipinski definition) is 3. The molecule has 0 aliphatic carbocycles. The number of benzene rings is 1. The van der Waals surface area contributed by atoms with Gasteiger partial charge in [0.1, 0.15) is 12.4 Å². The maximum Gasteiger partial charge on any atom is 0.218 e. The lowest BCUT2D eigenvalue weighted by molar-refractivity contribution is -0.117. The zero-order valence-corrected chi connectivity index (χ0v) is 10.3. The molecule has 0 saturated carbocycles. The van der Waals surface area contributed by atoms with Gasteiger partial charge in [-0.05, 0) is 18.2 Å². The van der Waals surface area contributed by atoms with E-state index in [4.69, 9.17) is 10.5 Å². The van der Waals surface area contributed by atoms with Crippen LogP contribution in [0.3, 0.4) is 0 Å². The molecule has 0 saturated heterocycles. The van der Waals surface area contributed by atoms with Gasteiger partial charge >= 0.3 is 0 Å². The van der Waals surface area contributed by atoms with Crippen LogP contribution in [0.15, 0.2) is 22.7 Å². The first-order valence-corrected chi connectivity index (χ1v) is 5.90. The van der Waals surface area contributed by atoms with Crippen LogP contribution >= 0.6 is 15.9 Å². The van der Waals surface area contributed by atoms with Gasteiger partial charge in [-0.3, -0.25) is 4.79 Å². The van der Waals surface area contributed by atoms with Crippen molar-refractivity contribution < 1.29 is 9.53 Å². The molecule has 1 aromatic rings. The molecule has 1 aliphatic heterocycles. The van der Waals surface area contributed by atoms with Gasteiger partial charge in [0.25, 0.3) is 0 Å². The molecule has 1 heterocycles. The normalized spacial score (nSPS) is 17.9. The summed E-state index contributed by atoms with van der Waals surface area (Å²) in [4.78, 5) is 10.6. The largest absolute Gasteiger partial charge is 0.491 e. The van der Waals surface area contributed by atoms with Gasteiger partial charge < -0.3 is 15.8 Å². The molecule has 2 rings (SSSR count). The molecule has 1 unspecified atom stereocenters. The van der Waals surface area contributed by atoms with Crippen molar-refractivity contribution in [2.24, 2.45) is 5.73 Å². The molecule has 1 atom stereocenters. The zero-order valence-electron chi connectivity index (χ0n) is 8.70. The molecule has 3 N–H and O–H groups in total. The third-order valence-electron chi connectivity index (χ3n) is 2.51. The Hall–Kier alpha value is -1.07. The summed E-state index contributed by atoms with van der Waals surface area (Å²) in [6.07, 6.45) is 0.347. The standard InChI is InChI=1S/C11H13BrN2O2/c12-7-1-2-10-8(5-7)9(6-16-10)14-4-3-11(13)15/h1-2,5,9,14H,3-4,6H2,(H2,13,15). The van der Waals surface area contributed by atoms with E-state index in [2.05, 4.69) is 21.2 Å². The van der Waals surface area contributed by atoms with Crippen LogP contribution in [0.4, 0.5) is 0 Å². The predicted octanol–water partition coefficient (Wildman–Crippen LogP) is 1.35. The number of carbonyl (C=O) groups excluding carboxylic acids is 1. The van der Waals surface area contributed by atoms with E-state index in [0.29, 0.717) is 19.6 Å². The van der Waals surface area contributed by atoms with Crippen LogP contribution in [0.2, 0.25) is 0 Å². The summed E-state index contributed by atoms with van der Waals surface area (Å²) >= 11 is 3.43. The van der Waals surface area contributed by atoms with Crippen molar-refractivity contribution in [3.05, 3.63) is 28.2 Å². The van der Waals surface area contributed by atoms with Crippen molar-refractivity contribution in [3.8, 4) is 5.75 Å². The zero-order chi connectivity index (χ0) is 11.5. The molecular formula is C11H13BrN2O2. The lowest BCUT2D eigenvalue weighted by atomic mass is 10.1. The molecule has 0 fully saturated rings. The SMILES string of the molecule is NC(=O)CCNC1COc2ccc(Br)cc21. The van der Waals surface area contributed by atoms with Crippen molar-refractivity contribution in [1.29, 1.82) is 0 Å². The van der Waals surface area contributed by atoms with Gasteiger partial charge in [-0.15, -0.1) is 0 Å². The number of carbonyl (C=O) groups is 1. The van der Waals surface area contributed by atoms with E-state index in [1.54, 1.807) is 0 Å². The molecule has 4 nitrogen and oxygen atoms in total. The maximum absolute atomic E-state index is 10.6. The second-order valence-electron chi connectivity index (χ2n) is 3.72. The van der Waals surface area contributed by atoms with Gasteiger partial charge in [-0.1, -0.05) is 15.9 Å². The quantitative estimate of drug-likeness (QED) is 0.877. The van der Waals surface area contributed by atoms with Gasteiger partial charge in [0.15, 0.2) is 0 Å². The van der Waals surface area contributed by atoms with Crippen LogP contribution in [0.1, 0.15) is 18.0 Å². The summed E-state index contributed by atoms with van der Waals surface area (Å²) < 4.78 is 6.55. The van der Waals surface area contributed by atoms with Gasteiger partial charge in [0.2, 0.25) is 5.91 Å². The fourth-order valence-electron chi connectivity index (χ4n) is 1.72. The Kier molecular flexibility index (Phi) is 3.46. The number of primary amides is 1. The second kappa shape index (κ2) is 4.84. The Balaban J connectivity index is 2.00. The third-order valence-corrected chi connectivity index (χ3v) is 3.01. The van der Waals surface area contributed by atoms with Crippen molar-refractivity contribution in [3.63, 3.8) is 0 Å². The number of hydrogen-bond donors (Lipinski definition) is 2. The lowest BCUT2D eigenvalue weighted by Gasteiger charge is -2.10. The monoisotopic (exact) mass is 284 g/mol. The number of nitrogens with two attached hydrogens (primary N) is 1. The van der Waals surface area contributed by atoms with Crippen LogP contribution < -0.4 is 15.8 Å². The minimum absolute atomic E-state index is 0.145. The first kappa shape index (κ1) is 11.4. The predicted molar refractivity (Wildman–Crippen MR) is 64.2 cm³/mol. The fourth-order valence-corrected chi connectivity index (χ4v) is 2.10. The summed E-state index contributed by atoms with van der Waals surface area (Å²) in [6.45, 7) is 1.18. The number of nitrogens with one attached hydrogen (secondary N) is 1. The van der Waals surface area contributed by atoms with E-state index < -0.39 is 0 Å². The molecule has 86 valence electrons. The summed E-state index contributed by atoms with van der Waals surface area (Å²) in [7, 11) is 0. The fraction of sp³-hybridized carbons (Fsp3) is 0.364. The van der Waals surface area contributed by atoms with Crippen LogP contribution in [0, 0.1) is 0 Å². The van der Waals surface area contributed by atoms with Crippen molar-refractivity contribution in [2.45, 2.75) is 12.5 Å². The van der Waals surface area contributed by atoms with Crippen LogP contribution in [0.25, 0.3) is 0 Å². The minimum Gasteiger partial charge on any atom is -0.491 e. The van der Waals surface area contributed by atoms with Crippen molar-refractivity contribution in [2.75, 3.05) is 13.2 Å². The molecule has 16 heavy (non-hydrogen) atoms. The number of rotatable bonds is 4. The average molecular weight is 285 g/mol. The Bertz CT molecular complexity index is 409. The summed E-state index contributed by atoms with van der Waals surface area (Å²) in [5.41, 5.74) is 6.20. The number of amides is 1. The van der Waals surface area contributed by atoms with E-state index in [9.17, 15) is 4.79 Å². The van der Waals surface area contributed by atoms with Crippen LogP contribution in [0.5, 0.6) is 5.75 Å². The summed E-state index contributed by atoms with van der Waals surface area (Å²) in [5.74, 6) is 0.612.